The van der Waals surface area contributed by atoms with Gasteiger partial charge in [-0.3, -0.25) is 9.10 Å². The van der Waals surface area contributed by atoms with Crippen LogP contribution in [0.1, 0.15) is 11.1 Å². The number of anilines is 1. The molecule has 0 atom stereocenters. The van der Waals surface area contributed by atoms with Crippen molar-refractivity contribution in [2.24, 2.45) is 5.10 Å². The molecule has 0 aliphatic carbocycles. The normalized spacial score (nSPS) is 13.9. The summed E-state index contributed by atoms with van der Waals surface area (Å²) in [5.41, 5.74) is 3.67. The Balaban J connectivity index is 1.49. The number of sulfonamides is 1. The smallest absolute Gasteiger partial charge is 0.264 e. The third-order valence-corrected chi connectivity index (χ3v) is 8.18. The SMILES string of the molecule is Cc1ccc(S(=O)(=O)N(CC(=O)N/N=C/c2cccc(OC3CSC3)c2)c2ccccc2F)cc1. The van der Waals surface area contributed by atoms with Crippen molar-refractivity contribution >= 4 is 39.6 Å². The molecule has 0 radical (unpaired) electrons. The Morgan fingerprint density at radius 2 is 1.89 bits per heavy atom. The lowest BCUT2D eigenvalue weighted by Crippen LogP contribution is -2.40. The molecular weight excluding hydrogens is 489 g/mol. The highest BCUT2D eigenvalue weighted by Gasteiger charge is 2.29. The number of carbonyl (C=O) groups excluding carboxylic acids is 1. The van der Waals surface area contributed by atoms with Crippen molar-refractivity contribution in [3.8, 4) is 5.75 Å². The summed E-state index contributed by atoms with van der Waals surface area (Å²) in [6.45, 7) is 1.17. The first kappa shape index (κ1) is 24.7. The molecule has 1 saturated heterocycles. The Morgan fingerprint density at radius 1 is 1.14 bits per heavy atom. The molecule has 1 N–H and O–H groups in total. The number of amides is 1. The lowest BCUT2D eigenvalue weighted by molar-refractivity contribution is -0.119. The van der Waals surface area contributed by atoms with Gasteiger partial charge in [0.1, 0.15) is 24.2 Å². The maximum absolute atomic E-state index is 14.6. The summed E-state index contributed by atoms with van der Waals surface area (Å²) in [5, 5.41) is 3.93. The molecule has 3 aromatic carbocycles. The molecule has 10 heteroatoms. The molecule has 1 amide bonds. The Labute approximate surface area is 208 Å². The standard InChI is InChI=1S/C25H24FN3O4S2/c1-18-9-11-22(12-10-18)35(31,32)29(24-8-3-2-7-23(24)26)15-25(30)28-27-14-19-5-4-6-20(13-19)33-21-16-34-17-21/h2-14,21H,15-17H2,1H3,(H,28,30)/b27-14+. The predicted octanol–water partition coefficient (Wildman–Crippen LogP) is 3.97. The third-order valence-electron chi connectivity index (χ3n) is 5.19. The fourth-order valence-electron chi connectivity index (χ4n) is 3.28. The molecule has 1 heterocycles. The van der Waals surface area contributed by atoms with Crippen LogP contribution in [0.5, 0.6) is 5.75 Å². The summed E-state index contributed by atoms with van der Waals surface area (Å²) in [7, 11) is -4.22. The predicted molar refractivity (Wildman–Crippen MR) is 136 cm³/mol. The fourth-order valence-corrected chi connectivity index (χ4v) is 5.27. The average molecular weight is 514 g/mol. The van der Waals surface area contributed by atoms with Crippen molar-refractivity contribution in [2.75, 3.05) is 22.4 Å². The minimum atomic E-state index is -4.22. The summed E-state index contributed by atoms with van der Waals surface area (Å²) in [6, 6.07) is 18.8. The summed E-state index contributed by atoms with van der Waals surface area (Å²) in [6.07, 6.45) is 1.63. The van der Waals surface area contributed by atoms with Crippen LogP contribution in [0.25, 0.3) is 0 Å². The molecule has 4 rings (SSSR count). The van der Waals surface area contributed by atoms with Gasteiger partial charge in [-0.15, -0.1) is 0 Å². The van der Waals surface area contributed by atoms with E-state index < -0.39 is 28.3 Å². The largest absolute Gasteiger partial charge is 0.489 e. The van der Waals surface area contributed by atoms with Crippen molar-refractivity contribution in [3.63, 3.8) is 0 Å². The lowest BCUT2D eigenvalue weighted by Gasteiger charge is -2.25. The average Bonchev–Trinajstić information content (AvgIpc) is 2.81. The first-order valence-electron chi connectivity index (χ1n) is 10.8. The highest BCUT2D eigenvalue weighted by atomic mass is 32.2. The lowest BCUT2D eigenvalue weighted by atomic mass is 10.2. The monoisotopic (exact) mass is 513 g/mol. The Kier molecular flexibility index (Phi) is 7.72. The van der Waals surface area contributed by atoms with E-state index in [4.69, 9.17) is 4.74 Å². The van der Waals surface area contributed by atoms with Gasteiger partial charge in [0, 0.05) is 11.5 Å². The van der Waals surface area contributed by atoms with Crippen LogP contribution in [0.4, 0.5) is 10.1 Å². The minimum absolute atomic E-state index is 0.0515. The van der Waals surface area contributed by atoms with E-state index in [1.807, 2.05) is 30.8 Å². The number of hydrogen-bond acceptors (Lipinski definition) is 6. The number of aryl methyl sites for hydroxylation is 1. The second kappa shape index (κ2) is 10.9. The molecule has 0 saturated carbocycles. The molecule has 0 spiro atoms. The number of ether oxygens (including phenoxy) is 1. The molecule has 0 aromatic heterocycles. The van der Waals surface area contributed by atoms with Crippen LogP contribution in [0.2, 0.25) is 0 Å². The quantitative estimate of drug-likeness (QED) is 0.346. The van der Waals surface area contributed by atoms with Gasteiger partial charge < -0.3 is 4.74 Å². The van der Waals surface area contributed by atoms with E-state index in [1.54, 1.807) is 24.3 Å². The van der Waals surface area contributed by atoms with Gasteiger partial charge in [-0.1, -0.05) is 42.0 Å². The number of nitrogens with one attached hydrogen (secondary N) is 1. The number of carbonyl (C=O) groups is 1. The van der Waals surface area contributed by atoms with Crippen LogP contribution in [0.3, 0.4) is 0 Å². The number of halogens is 1. The number of para-hydroxylation sites is 1. The van der Waals surface area contributed by atoms with Crippen LogP contribution in [-0.4, -0.2) is 44.7 Å². The number of rotatable bonds is 9. The van der Waals surface area contributed by atoms with Gasteiger partial charge in [0.2, 0.25) is 0 Å². The highest BCUT2D eigenvalue weighted by molar-refractivity contribution is 8.00. The van der Waals surface area contributed by atoms with Gasteiger partial charge >= 0.3 is 0 Å². The zero-order valence-electron chi connectivity index (χ0n) is 18.9. The topological polar surface area (TPSA) is 88.1 Å². The number of thioether (sulfide) groups is 1. The molecule has 3 aromatic rings. The maximum atomic E-state index is 14.6. The maximum Gasteiger partial charge on any atom is 0.264 e. The molecule has 35 heavy (non-hydrogen) atoms. The van der Waals surface area contributed by atoms with E-state index in [9.17, 15) is 17.6 Å². The van der Waals surface area contributed by atoms with Gasteiger partial charge in [0.15, 0.2) is 0 Å². The fraction of sp³-hybridized carbons (Fsp3) is 0.200. The van der Waals surface area contributed by atoms with Gasteiger partial charge in [-0.25, -0.2) is 18.2 Å². The molecule has 0 bridgehead atoms. The Hall–Kier alpha value is -3.37. The first-order chi connectivity index (χ1) is 16.8. The molecule has 1 aliphatic heterocycles. The van der Waals surface area contributed by atoms with E-state index >= 15 is 0 Å². The summed E-state index contributed by atoms with van der Waals surface area (Å²) in [4.78, 5) is 12.6. The number of hydrogen-bond donors (Lipinski definition) is 1. The Bertz CT molecular complexity index is 1330. The van der Waals surface area contributed by atoms with Gasteiger partial charge in [-0.05, 0) is 48.9 Å². The molecule has 0 unspecified atom stereocenters. The second-order valence-electron chi connectivity index (χ2n) is 7.92. The van der Waals surface area contributed by atoms with Gasteiger partial charge in [-0.2, -0.15) is 16.9 Å². The van der Waals surface area contributed by atoms with E-state index in [0.29, 0.717) is 11.3 Å². The van der Waals surface area contributed by atoms with Crippen LogP contribution in [0, 0.1) is 12.7 Å². The summed E-state index contributed by atoms with van der Waals surface area (Å²) >= 11 is 1.82. The third kappa shape index (κ3) is 6.20. The molecule has 1 aliphatic rings. The Morgan fingerprint density at radius 3 is 2.57 bits per heavy atom. The van der Waals surface area contributed by atoms with Crippen LogP contribution in [-0.2, 0) is 14.8 Å². The van der Waals surface area contributed by atoms with Crippen LogP contribution >= 0.6 is 11.8 Å². The zero-order chi connectivity index (χ0) is 24.8. The van der Waals surface area contributed by atoms with Gasteiger partial charge in [0.05, 0.1) is 16.8 Å². The van der Waals surface area contributed by atoms with Crippen LogP contribution in [0.15, 0.2) is 82.8 Å². The van der Waals surface area contributed by atoms with E-state index in [0.717, 1.165) is 27.4 Å². The van der Waals surface area contributed by atoms with Crippen molar-refractivity contribution in [1.29, 1.82) is 0 Å². The number of nitrogens with zero attached hydrogens (tertiary/aromatic N) is 2. The van der Waals surface area contributed by atoms with Gasteiger partial charge in [0.25, 0.3) is 15.9 Å². The molecular formula is C25H24FN3O4S2. The van der Waals surface area contributed by atoms with E-state index in [-0.39, 0.29) is 16.7 Å². The van der Waals surface area contributed by atoms with Crippen molar-refractivity contribution in [1.82, 2.24) is 5.43 Å². The number of benzene rings is 3. The summed E-state index contributed by atoms with van der Waals surface area (Å²) < 4.78 is 47.7. The van der Waals surface area contributed by atoms with Crippen molar-refractivity contribution in [3.05, 3.63) is 89.7 Å². The number of hydrazone groups is 1. The molecule has 182 valence electrons. The highest BCUT2D eigenvalue weighted by Crippen LogP contribution is 2.26. The van der Waals surface area contributed by atoms with E-state index in [1.165, 1.54) is 36.5 Å². The first-order valence-corrected chi connectivity index (χ1v) is 13.4. The second-order valence-corrected chi connectivity index (χ2v) is 10.9. The van der Waals surface area contributed by atoms with E-state index in [2.05, 4.69) is 10.5 Å². The summed E-state index contributed by atoms with van der Waals surface area (Å²) in [5.74, 6) is 1.14. The van der Waals surface area contributed by atoms with Crippen molar-refractivity contribution < 1.29 is 22.3 Å². The van der Waals surface area contributed by atoms with Crippen molar-refractivity contribution in [2.45, 2.75) is 17.9 Å². The van der Waals surface area contributed by atoms with Crippen LogP contribution < -0.4 is 14.5 Å². The molecule has 7 nitrogen and oxygen atoms in total. The molecule has 1 fully saturated rings. The zero-order valence-corrected chi connectivity index (χ0v) is 20.6. The minimum Gasteiger partial charge on any atom is -0.489 e.